The van der Waals surface area contributed by atoms with E-state index in [4.69, 9.17) is 10.4 Å². The molecular formula is C15H10F2N2O3. The van der Waals surface area contributed by atoms with Crippen molar-refractivity contribution in [2.24, 2.45) is 0 Å². The summed E-state index contributed by atoms with van der Waals surface area (Å²) in [6.45, 7) is 0. The van der Waals surface area contributed by atoms with Gasteiger partial charge in [-0.3, -0.25) is 4.79 Å². The number of pyridine rings is 1. The number of aromatic nitrogens is 1. The normalized spacial score (nSPS) is 14.0. The molecule has 1 aromatic heterocycles. The van der Waals surface area contributed by atoms with Gasteiger partial charge in [-0.15, -0.1) is 0 Å². The number of aromatic carboxylic acids is 1. The molecule has 1 saturated carbocycles. The maximum absolute atomic E-state index is 14.6. The van der Waals surface area contributed by atoms with E-state index in [1.54, 1.807) is 6.07 Å². The number of carboxylic acids is 1. The van der Waals surface area contributed by atoms with Crippen LogP contribution in [0.1, 0.15) is 34.8 Å². The van der Waals surface area contributed by atoms with Crippen molar-refractivity contribution in [3.8, 4) is 6.07 Å². The summed E-state index contributed by atoms with van der Waals surface area (Å²) in [7, 11) is 0. The van der Waals surface area contributed by atoms with Crippen molar-refractivity contribution in [1.82, 2.24) is 4.57 Å². The molecule has 0 radical (unpaired) electrons. The molecule has 0 saturated heterocycles. The van der Waals surface area contributed by atoms with E-state index >= 15 is 0 Å². The van der Waals surface area contributed by atoms with Crippen LogP contribution in [0.4, 0.5) is 8.78 Å². The topological polar surface area (TPSA) is 83.1 Å². The zero-order valence-electron chi connectivity index (χ0n) is 11.3. The number of carbonyl (C=O) groups is 1. The first-order valence-electron chi connectivity index (χ1n) is 6.61. The van der Waals surface area contributed by atoms with Crippen molar-refractivity contribution < 1.29 is 18.7 Å². The molecule has 2 aromatic rings. The third-order valence-electron chi connectivity index (χ3n) is 3.73. The monoisotopic (exact) mass is 304 g/mol. The maximum atomic E-state index is 14.6. The number of hydrogen-bond acceptors (Lipinski definition) is 3. The number of carboxylic acid groups (broad SMARTS) is 1. The number of halogens is 2. The van der Waals surface area contributed by atoms with E-state index in [0.717, 1.165) is 25.1 Å². The Morgan fingerprint density at radius 1 is 1.45 bits per heavy atom. The van der Waals surface area contributed by atoms with Crippen molar-refractivity contribution >= 4 is 16.9 Å². The highest BCUT2D eigenvalue weighted by Crippen LogP contribution is 2.38. The Balaban J connectivity index is 2.47. The van der Waals surface area contributed by atoms with E-state index < -0.39 is 40.6 Å². The molecular weight excluding hydrogens is 294 g/mol. The van der Waals surface area contributed by atoms with Crippen LogP contribution < -0.4 is 5.43 Å². The minimum Gasteiger partial charge on any atom is -0.477 e. The Bertz CT molecular complexity index is 908. The summed E-state index contributed by atoms with van der Waals surface area (Å²) >= 11 is 0. The van der Waals surface area contributed by atoms with Crippen LogP contribution in [0.15, 0.2) is 17.1 Å². The molecule has 22 heavy (non-hydrogen) atoms. The van der Waals surface area contributed by atoms with Gasteiger partial charge in [-0.2, -0.15) is 5.26 Å². The molecule has 1 heterocycles. The molecule has 0 aliphatic heterocycles. The van der Waals surface area contributed by atoms with Crippen LogP contribution in [-0.4, -0.2) is 15.6 Å². The molecule has 0 amide bonds. The fraction of sp³-hybridized carbons (Fsp3) is 0.267. The van der Waals surface area contributed by atoms with Gasteiger partial charge < -0.3 is 9.67 Å². The highest BCUT2D eigenvalue weighted by Gasteiger charge is 2.29. The Morgan fingerprint density at radius 3 is 2.68 bits per heavy atom. The molecule has 1 aliphatic rings. The zero-order valence-corrected chi connectivity index (χ0v) is 11.3. The molecule has 0 spiro atoms. The van der Waals surface area contributed by atoms with Crippen LogP contribution in [0, 0.1) is 23.0 Å². The molecule has 112 valence electrons. The second kappa shape index (κ2) is 4.91. The van der Waals surface area contributed by atoms with Gasteiger partial charge in [0.1, 0.15) is 11.4 Å². The summed E-state index contributed by atoms with van der Waals surface area (Å²) in [6, 6.07) is 2.38. The third kappa shape index (κ3) is 2.04. The number of rotatable bonds is 3. The largest absolute Gasteiger partial charge is 0.477 e. The molecule has 1 N–H and O–H groups in total. The Labute approximate surface area is 123 Å². The summed E-state index contributed by atoms with van der Waals surface area (Å²) < 4.78 is 29.9. The van der Waals surface area contributed by atoms with Gasteiger partial charge in [0.15, 0.2) is 5.82 Å². The predicted octanol–water partition coefficient (Wildman–Crippen LogP) is 2.38. The second-order valence-electron chi connectivity index (χ2n) is 5.20. The average molecular weight is 304 g/mol. The van der Waals surface area contributed by atoms with Gasteiger partial charge in [-0.1, -0.05) is 0 Å². The van der Waals surface area contributed by atoms with Crippen molar-refractivity contribution in [3.63, 3.8) is 0 Å². The first-order valence-corrected chi connectivity index (χ1v) is 6.61. The number of benzene rings is 1. The van der Waals surface area contributed by atoms with Gasteiger partial charge in [-0.25, -0.2) is 13.6 Å². The van der Waals surface area contributed by atoms with Crippen LogP contribution in [0.2, 0.25) is 0 Å². The van der Waals surface area contributed by atoms with Gasteiger partial charge >= 0.3 is 5.97 Å². The number of fused-ring (bicyclic) bond motifs is 1. The molecule has 3 rings (SSSR count). The summed E-state index contributed by atoms with van der Waals surface area (Å²) in [4.78, 5) is 23.3. The molecule has 1 aliphatic carbocycles. The van der Waals surface area contributed by atoms with Crippen LogP contribution in [0.25, 0.3) is 10.9 Å². The lowest BCUT2D eigenvalue weighted by Gasteiger charge is -2.14. The van der Waals surface area contributed by atoms with Gasteiger partial charge in [0.05, 0.1) is 23.4 Å². The first-order chi connectivity index (χ1) is 10.5. The standard InChI is InChI=1S/C15H10F2N2O3/c16-11-5-9-13(12(17)8(11)3-4-18)19(7-1-2-7)6-10(14(9)20)15(21)22/h5-7H,1-3H2,(H,21,22). The Hall–Kier alpha value is -2.75. The van der Waals surface area contributed by atoms with Crippen molar-refractivity contribution in [2.75, 3.05) is 0 Å². The quantitative estimate of drug-likeness (QED) is 0.943. The molecule has 0 atom stereocenters. The second-order valence-corrected chi connectivity index (χ2v) is 5.20. The third-order valence-corrected chi connectivity index (χ3v) is 3.73. The molecule has 5 nitrogen and oxygen atoms in total. The number of hydrogen-bond donors (Lipinski definition) is 1. The van der Waals surface area contributed by atoms with Crippen molar-refractivity contribution in [3.05, 3.63) is 45.2 Å². The van der Waals surface area contributed by atoms with E-state index in [0.29, 0.717) is 0 Å². The Morgan fingerprint density at radius 2 is 2.14 bits per heavy atom. The molecule has 1 fully saturated rings. The van der Waals surface area contributed by atoms with E-state index in [9.17, 15) is 18.4 Å². The molecule has 0 bridgehead atoms. The van der Waals surface area contributed by atoms with E-state index in [-0.39, 0.29) is 16.9 Å². The highest BCUT2D eigenvalue weighted by molar-refractivity contribution is 5.93. The fourth-order valence-electron chi connectivity index (χ4n) is 2.52. The minimum atomic E-state index is -1.44. The zero-order chi connectivity index (χ0) is 16.0. The van der Waals surface area contributed by atoms with Gasteiger partial charge in [0, 0.05) is 17.8 Å². The van der Waals surface area contributed by atoms with E-state index in [1.165, 1.54) is 4.57 Å². The molecule has 0 unspecified atom stereocenters. The summed E-state index contributed by atoms with van der Waals surface area (Å²) in [5, 5.41) is 17.4. The van der Waals surface area contributed by atoms with E-state index in [2.05, 4.69) is 0 Å². The summed E-state index contributed by atoms with van der Waals surface area (Å²) in [6.07, 6.45) is 2.08. The Kier molecular flexibility index (Phi) is 3.17. The molecule has 7 heteroatoms. The van der Waals surface area contributed by atoms with Crippen LogP contribution >= 0.6 is 0 Å². The van der Waals surface area contributed by atoms with Gasteiger partial charge in [0.25, 0.3) is 0 Å². The number of nitrogens with zero attached hydrogens (tertiary/aromatic N) is 2. The lowest BCUT2D eigenvalue weighted by molar-refractivity contribution is 0.0695. The minimum absolute atomic E-state index is 0.115. The fourth-order valence-corrected chi connectivity index (χ4v) is 2.52. The number of nitriles is 1. The average Bonchev–Trinajstić information content (AvgIpc) is 3.28. The van der Waals surface area contributed by atoms with E-state index in [1.807, 2.05) is 0 Å². The van der Waals surface area contributed by atoms with Crippen LogP contribution in [0.5, 0.6) is 0 Å². The smallest absolute Gasteiger partial charge is 0.341 e. The van der Waals surface area contributed by atoms with Crippen LogP contribution in [-0.2, 0) is 6.42 Å². The lowest BCUT2D eigenvalue weighted by Crippen LogP contribution is -2.20. The summed E-state index contributed by atoms with van der Waals surface area (Å²) in [5.74, 6) is -3.44. The van der Waals surface area contributed by atoms with Gasteiger partial charge in [0.2, 0.25) is 5.43 Å². The maximum Gasteiger partial charge on any atom is 0.341 e. The predicted molar refractivity (Wildman–Crippen MR) is 72.7 cm³/mol. The summed E-state index contributed by atoms with van der Waals surface area (Å²) in [5.41, 5.74) is -2.00. The highest BCUT2D eigenvalue weighted by atomic mass is 19.1. The first kappa shape index (κ1) is 14.2. The lowest BCUT2D eigenvalue weighted by atomic mass is 10.0. The van der Waals surface area contributed by atoms with Crippen molar-refractivity contribution in [2.45, 2.75) is 25.3 Å². The molecule has 1 aromatic carbocycles. The van der Waals surface area contributed by atoms with Gasteiger partial charge in [-0.05, 0) is 18.9 Å². The van der Waals surface area contributed by atoms with Crippen LogP contribution in [0.3, 0.4) is 0 Å². The van der Waals surface area contributed by atoms with Crippen molar-refractivity contribution in [1.29, 1.82) is 5.26 Å². The SMILES string of the molecule is N#CCc1c(F)cc2c(=O)c(C(=O)O)cn(C3CC3)c2c1F.